The SMILES string of the molecule is COC(=O)c1ccc(CN(C(=O)N2CCN(c3ccc(C)c(C)c3)CC2)c2ccccn2)cc1. The molecule has 2 amide bonds. The van der Waals surface area contributed by atoms with Gasteiger partial charge in [-0.25, -0.2) is 14.6 Å². The number of benzene rings is 2. The highest BCUT2D eigenvalue weighted by atomic mass is 16.5. The van der Waals surface area contributed by atoms with Gasteiger partial charge in [0, 0.05) is 38.1 Å². The Kier molecular flexibility index (Phi) is 7.11. The number of carbonyl (C=O) groups is 2. The number of carbonyl (C=O) groups excluding carboxylic acids is 2. The van der Waals surface area contributed by atoms with E-state index in [0.717, 1.165) is 18.7 Å². The number of pyridine rings is 1. The van der Waals surface area contributed by atoms with Gasteiger partial charge in [-0.1, -0.05) is 24.3 Å². The van der Waals surface area contributed by atoms with E-state index in [2.05, 4.69) is 41.9 Å². The summed E-state index contributed by atoms with van der Waals surface area (Å²) in [5.74, 6) is 0.215. The van der Waals surface area contributed by atoms with Crippen molar-refractivity contribution >= 4 is 23.5 Å². The molecule has 3 aromatic rings. The third-order valence-electron chi connectivity index (χ3n) is 6.28. The molecule has 7 heteroatoms. The van der Waals surface area contributed by atoms with Crippen molar-refractivity contribution in [1.82, 2.24) is 9.88 Å². The monoisotopic (exact) mass is 458 g/mol. The number of rotatable bonds is 5. The fourth-order valence-electron chi connectivity index (χ4n) is 4.06. The van der Waals surface area contributed by atoms with Crippen molar-refractivity contribution in [3.8, 4) is 0 Å². The fraction of sp³-hybridized carbons (Fsp3) is 0.296. The Hall–Kier alpha value is -3.87. The van der Waals surface area contributed by atoms with Gasteiger partial charge in [-0.05, 0) is 66.9 Å². The highest BCUT2D eigenvalue weighted by Gasteiger charge is 2.27. The molecule has 1 aliphatic heterocycles. The lowest BCUT2D eigenvalue weighted by Crippen LogP contribution is -2.53. The van der Waals surface area contributed by atoms with Crippen molar-refractivity contribution in [1.29, 1.82) is 0 Å². The summed E-state index contributed by atoms with van der Waals surface area (Å²) < 4.78 is 4.77. The second kappa shape index (κ2) is 10.4. The molecule has 0 aliphatic carbocycles. The Balaban J connectivity index is 1.48. The van der Waals surface area contributed by atoms with Gasteiger partial charge in [0.25, 0.3) is 0 Å². The van der Waals surface area contributed by atoms with Crippen molar-refractivity contribution in [2.45, 2.75) is 20.4 Å². The molecule has 34 heavy (non-hydrogen) atoms. The minimum Gasteiger partial charge on any atom is -0.465 e. The van der Waals surface area contributed by atoms with E-state index in [-0.39, 0.29) is 12.0 Å². The van der Waals surface area contributed by atoms with E-state index in [0.29, 0.717) is 31.0 Å². The van der Waals surface area contributed by atoms with Gasteiger partial charge in [-0.15, -0.1) is 0 Å². The minimum atomic E-state index is -0.383. The first-order valence-electron chi connectivity index (χ1n) is 11.4. The lowest BCUT2D eigenvalue weighted by atomic mass is 10.1. The molecule has 1 saturated heterocycles. The normalized spacial score (nSPS) is 13.5. The smallest absolute Gasteiger partial charge is 0.337 e. The number of aromatic nitrogens is 1. The number of piperazine rings is 1. The summed E-state index contributed by atoms with van der Waals surface area (Å²) in [4.78, 5) is 35.7. The molecule has 2 heterocycles. The molecule has 0 saturated carbocycles. The van der Waals surface area contributed by atoms with Gasteiger partial charge in [-0.2, -0.15) is 0 Å². The van der Waals surface area contributed by atoms with Crippen LogP contribution in [0.1, 0.15) is 27.0 Å². The summed E-state index contributed by atoms with van der Waals surface area (Å²) in [5, 5.41) is 0. The summed E-state index contributed by atoms with van der Waals surface area (Å²) in [7, 11) is 1.36. The minimum absolute atomic E-state index is 0.0736. The molecule has 0 N–H and O–H groups in total. The van der Waals surface area contributed by atoms with Crippen LogP contribution in [0.3, 0.4) is 0 Å². The van der Waals surface area contributed by atoms with Crippen LogP contribution in [0, 0.1) is 13.8 Å². The lowest BCUT2D eigenvalue weighted by Gasteiger charge is -2.38. The first-order valence-corrected chi connectivity index (χ1v) is 11.4. The number of urea groups is 1. The molecule has 7 nitrogen and oxygen atoms in total. The first-order chi connectivity index (χ1) is 16.5. The maximum Gasteiger partial charge on any atom is 0.337 e. The molecule has 1 fully saturated rings. The highest BCUT2D eigenvalue weighted by Crippen LogP contribution is 2.22. The number of ether oxygens (including phenoxy) is 1. The molecule has 0 bridgehead atoms. The van der Waals surface area contributed by atoms with Crippen LogP contribution in [-0.2, 0) is 11.3 Å². The maximum atomic E-state index is 13.6. The Morgan fingerprint density at radius 2 is 1.68 bits per heavy atom. The summed E-state index contributed by atoms with van der Waals surface area (Å²) in [5.41, 5.74) is 5.13. The van der Waals surface area contributed by atoms with Crippen LogP contribution in [0.5, 0.6) is 0 Å². The average molecular weight is 459 g/mol. The van der Waals surface area contributed by atoms with Gasteiger partial charge in [0.1, 0.15) is 5.82 Å². The van der Waals surface area contributed by atoms with E-state index in [9.17, 15) is 9.59 Å². The lowest BCUT2D eigenvalue weighted by molar-refractivity contribution is 0.0600. The largest absolute Gasteiger partial charge is 0.465 e. The molecule has 1 aromatic heterocycles. The average Bonchev–Trinajstić information content (AvgIpc) is 2.89. The van der Waals surface area contributed by atoms with Crippen LogP contribution >= 0.6 is 0 Å². The maximum absolute atomic E-state index is 13.6. The highest BCUT2D eigenvalue weighted by molar-refractivity contribution is 5.91. The van der Waals surface area contributed by atoms with Crippen molar-refractivity contribution in [2.75, 3.05) is 43.1 Å². The number of amides is 2. The predicted octanol–water partition coefficient (Wildman–Crippen LogP) is 4.43. The Labute approximate surface area is 200 Å². The van der Waals surface area contributed by atoms with Gasteiger partial charge in [0.05, 0.1) is 19.2 Å². The number of methoxy groups -OCH3 is 1. The fourth-order valence-corrected chi connectivity index (χ4v) is 4.06. The molecular weight excluding hydrogens is 428 g/mol. The number of nitrogens with zero attached hydrogens (tertiary/aromatic N) is 4. The second-order valence-corrected chi connectivity index (χ2v) is 8.49. The second-order valence-electron chi connectivity index (χ2n) is 8.49. The van der Waals surface area contributed by atoms with Gasteiger partial charge >= 0.3 is 12.0 Å². The quantitative estimate of drug-likeness (QED) is 0.529. The van der Waals surface area contributed by atoms with Gasteiger partial charge < -0.3 is 14.5 Å². The summed E-state index contributed by atoms with van der Waals surface area (Å²) >= 11 is 0. The van der Waals surface area contributed by atoms with Crippen LogP contribution in [0.15, 0.2) is 66.9 Å². The number of esters is 1. The zero-order valence-corrected chi connectivity index (χ0v) is 19.9. The Morgan fingerprint density at radius 3 is 2.29 bits per heavy atom. The van der Waals surface area contributed by atoms with E-state index in [1.54, 1.807) is 23.2 Å². The van der Waals surface area contributed by atoms with Gasteiger partial charge in [0.2, 0.25) is 0 Å². The van der Waals surface area contributed by atoms with Crippen molar-refractivity contribution in [2.24, 2.45) is 0 Å². The van der Waals surface area contributed by atoms with Crippen LogP contribution in [0.25, 0.3) is 0 Å². The summed E-state index contributed by atoms with van der Waals surface area (Å²) in [6, 6.07) is 19.1. The van der Waals surface area contributed by atoms with Crippen LogP contribution in [0.2, 0.25) is 0 Å². The number of hydrogen-bond donors (Lipinski definition) is 0. The number of hydrogen-bond acceptors (Lipinski definition) is 5. The van der Waals surface area contributed by atoms with E-state index >= 15 is 0 Å². The number of anilines is 2. The summed E-state index contributed by atoms with van der Waals surface area (Å²) in [6.45, 7) is 7.42. The van der Waals surface area contributed by atoms with E-state index in [1.807, 2.05) is 35.2 Å². The molecule has 176 valence electrons. The van der Waals surface area contributed by atoms with E-state index < -0.39 is 0 Å². The first kappa shape index (κ1) is 23.3. The van der Waals surface area contributed by atoms with E-state index in [1.165, 1.54) is 23.9 Å². The number of aryl methyl sites for hydroxylation is 2. The standard InChI is InChI=1S/C27H30N4O3/c1-20-7-12-24(18-21(20)2)29-14-16-30(17-15-29)27(33)31(25-6-4-5-13-28-25)19-22-8-10-23(11-9-22)26(32)34-3/h4-13,18H,14-17,19H2,1-3H3. The van der Waals surface area contributed by atoms with Crippen LogP contribution < -0.4 is 9.80 Å². The summed E-state index contributed by atoms with van der Waals surface area (Å²) in [6.07, 6.45) is 1.69. The molecule has 0 radical (unpaired) electrons. The van der Waals surface area contributed by atoms with Crippen LogP contribution in [-0.4, -0.2) is 55.2 Å². The molecule has 0 atom stereocenters. The van der Waals surface area contributed by atoms with E-state index in [4.69, 9.17) is 4.74 Å². The molecule has 2 aromatic carbocycles. The molecule has 4 rings (SSSR count). The molecular formula is C27H30N4O3. The Bertz CT molecular complexity index is 1140. The van der Waals surface area contributed by atoms with Crippen molar-refractivity contribution in [3.63, 3.8) is 0 Å². The topological polar surface area (TPSA) is 66.0 Å². The third kappa shape index (κ3) is 5.20. The predicted molar refractivity (Wildman–Crippen MR) is 133 cm³/mol. The molecule has 0 unspecified atom stereocenters. The van der Waals surface area contributed by atoms with Gasteiger partial charge in [-0.3, -0.25) is 4.90 Å². The van der Waals surface area contributed by atoms with Crippen molar-refractivity contribution < 1.29 is 14.3 Å². The third-order valence-corrected chi connectivity index (χ3v) is 6.28. The van der Waals surface area contributed by atoms with Crippen LogP contribution in [0.4, 0.5) is 16.3 Å². The zero-order chi connectivity index (χ0) is 24.1. The Morgan fingerprint density at radius 1 is 0.941 bits per heavy atom. The van der Waals surface area contributed by atoms with Crippen molar-refractivity contribution in [3.05, 3.63) is 89.1 Å². The molecule has 0 spiro atoms. The van der Waals surface area contributed by atoms with Gasteiger partial charge in [0.15, 0.2) is 0 Å². The zero-order valence-electron chi connectivity index (χ0n) is 19.9. The molecule has 1 aliphatic rings.